The monoisotopic (exact) mass is 284 g/mol. The van der Waals surface area contributed by atoms with Gasteiger partial charge in [-0.1, -0.05) is 28.1 Å². The van der Waals surface area contributed by atoms with Gasteiger partial charge in [0.1, 0.15) is 5.82 Å². The van der Waals surface area contributed by atoms with Crippen LogP contribution in [0.25, 0.3) is 0 Å². The smallest absolute Gasteiger partial charge is 0.244 e. The highest BCUT2D eigenvalue weighted by molar-refractivity contribution is 9.09. The van der Waals surface area contributed by atoms with Crippen LogP contribution in [0.5, 0.6) is 0 Å². The molecule has 0 N–H and O–H groups in total. The maximum absolute atomic E-state index is 13.3. The minimum absolute atomic E-state index is 0.272. The number of rotatable bonds is 3. The molecular formula is C10H9BrF4. The normalized spacial score (nSPS) is 14.0. The molecule has 1 rings (SSSR count). The predicted octanol–water partition coefficient (Wildman–Crippen LogP) is 4.34. The first-order valence-corrected chi connectivity index (χ1v) is 5.18. The van der Waals surface area contributed by atoms with Crippen LogP contribution in [-0.2, 0) is 5.92 Å². The summed E-state index contributed by atoms with van der Waals surface area (Å²) in [5, 5.41) is 0. The molecule has 0 aliphatic heterocycles. The summed E-state index contributed by atoms with van der Waals surface area (Å²) in [4.78, 5) is -0.273. The number of alkyl halides is 4. The summed E-state index contributed by atoms with van der Waals surface area (Å²) in [6, 6.07) is 2.94. The van der Waals surface area contributed by atoms with Gasteiger partial charge in [0, 0.05) is 16.0 Å². The van der Waals surface area contributed by atoms with Gasteiger partial charge in [0.2, 0.25) is 0 Å². The Balaban J connectivity index is 3.12. The fourth-order valence-corrected chi connectivity index (χ4v) is 1.53. The summed E-state index contributed by atoms with van der Waals surface area (Å²) in [6.45, 7) is -0.152. The molecule has 0 saturated carbocycles. The number of hydrogen-bond acceptors (Lipinski definition) is 0. The standard InChI is InChI=1S/C10H9BrF4/c1-6(11)8-3-2-7(4-9(8)13)10(14,15)5-12/h2-4,6H,5H2,1H3. The zero-order valence-corrected chi connectivity index (χ0v) is 9.49. The second-order valence-corrected chi connectivity index (χ2v) is 4.56. The highest BCUT2D eigenvalue weighted by atomic mass is 79.9. The summed E-state index contributed by atoms with van der Waals surface area (Å²) in [5.74, 6) is -4.38. The Kier molecular flexibility index (Phi) is 3.76. The molecule has 5 heteroatoms. The Morgan fingerprint density at radius 3 is 2.40 bits per heavy atom. The molecule has 0 saturated heterocycles. The van der Waals surface area contributed by atoms with E-state index in [2.05, 4.69) is 15.9 Å². The minimum atomic E-state index is -3.62. The van der Waals surface area contributed by atoms with E-state index in [1.165, 1.54) is 6.07 Å². The SMILES string of the molecule is CC(Br)c1ccc(C(F)(F)CF)cc1F. The van der Waals surface area contributed by atoms with Crippen molar-refractivity contribution in [2.45, 2.75) is 17.7 Å². The third-order valence-electron chi connectivity index (χ3n) is 2.02. The average molecular weight is 285 g/mol. The lowest BCUT2D eigenvalue weighted by molar-refractivity contribution is -0.0283. The molecule has 1 unspecified atom stereocenters. The van der Waals surface area contributed by atoms with E-state index in [-0.39, 0.29) is 10.4 Å². The fraction of sp³-hybridized carbons (Fsp3) is 0.400. The van der Waals surface area contributed by atoms with Gasteiger partial charge in [-0.25, -0.2) is 8.78 Å². The van der Waals surface area contributed by atoms with Gasteiger partial charge < -0.3 is 0 Å². The van der Waals surface area contributed by atoms with Crippen molar-refractivity contribution < 1.29 is 17.6 Å². The lowest BCUT2D eigenvalue weighted by atomic mass is 10.0. The van der Waals surface area contributed by atoms with E-state index in [0.29, 0.717) is 6.07 Å². The second kappa shape index (κ2) is 4.51. The van der Waals surface area contributed by atoms with E-state index in [0.717, 1.165) is 6.07 Å². The molecule has 0 amide bonds. The van der Waals surface area contributed by atoms with E-state index in [1.54, 1.807) is 6.92 Å². The molecule has 0 radical (unpaired) electrons. The molecule has 0 aliphatic carbocycles. The molecule has 1 atom stereocenters. The highest BCUT2D eigenvalue weighted by Crippen LogP contribution is 2.32. The third-order valence-corrected chi connectivity index (χ3v) is 2.51. The van der Waals surface area contributed by atoms with E-state index in [9.17, 15) is 17.6 Å². The summed E-state index contributed by atoms with van der Waals surface area (Å²) in [6.07, 6.45) is 0. The Morgan fingerprint density at radius 1 is 1.40 bits per heavy atom. The summed E-state index contributed by atoms with van der Waals surface area (Å²) in [7, 11) is 0. The van der Waals surface area contributed by atoms with Crippen LogP contribution in [0, 0.1) is 5.82 Å². The first-order valence-electron chi connectivity index (χ1n) is 4.26. The van der Waals surface area contributed by atoms with Crippen molar-refractivity contribution in [3.63, 3.8) is 0 Å². The Labute approximate surface area is 93.4 Å². The molecule has 0 fully saturated rings. The molecule has 0 aromatic heterocycles. The molecule has 1 aromatic rings. The van der Waals surface area contributed by atoms with Crippen LogP contribution < -0.4 is 0 Å². The molecule has 0 bridgehead atoms. The maximum atomic E-state index is 13.3. The first-order chi connectivity index (χ1) is 6.88. The molecular weight excluding hydrogens is 276 g/mol. The molecule has 84 valence electrons. The topological polar surface area (TPSA) is 0 Å². The van der Waals surface area contributed by atoms with Crippen molar-refractivity contribution in [2.75, 3.05) is 6.67 Å². The number of halogens is 5. The Hall–Kier alpha value is -0.580. The molecule has 0 spiro atoms. The molecule has 0 heterocycles. The van der Waals surface area contributed by atoms with Crippen molar-refractivity contribution >= 4 is 15.9 Å². The van der Waals surface area contributed by atoms with Crippen LogP contribution in [0.1, 0.15) is 22.9 Å². The van der Waals surface area contributed by atoms with E-state index in [1.807, 2.05) is 0 Å². The van der Waals surface area contributed by atoms with Gasteiger partial charge in [-0.2, -0.15) is 8.78 Å². The molecule has 0 aliphatic rings. The predicted molar refractivity (Wildman–Crippen MR) is 53.6 cm³/mol. The van der Waals surface area contributed by atoms with E-state index in [4.69, 9.17) is 0 Å². The molecule has 15 heavy (non-hydrogen) atoms. The summed E-state index contributed by atoms with van der Waals surface area (Å²) >= 11 is 3.12. The zero-order valence-electron chi connectivity index (χ0n) is 7.91. The van der Waals surface area contributed by atoms with Crippen LogP contribution in [0.15, 0.2) is 18.2 Å². The average Bonchev–Trinajstić information content (AvgIpc) is 2.17. The van der Waals surface area contributed by atoms with Crippen LogP contribution >= 0.6 is 15.9 Å². The van der Waals surface area contributed by atoms with Crippen molar-refractivity contribution in [2.24, 2.45) is 0 Å². The third kappa shape index (κ3) is 2.71. The molecule has 1 aromatic carbocycles. The quantitative estimate of drug-likeness (QED) is 0.572. The van der Waals surface area contributed by atoms with Gasteiger partial charge in [-0.05, 0) is 13.0 Å². The van der Waals surface area contributed by atoms with Crippen LogP contribution in [0.4, 0.5) is 17.6 Å². The molecule has 0 nitrogen and oxygen atoms in total. The summed E-state index contributed by atoms with van der Waals surface area (Å²) < 4.78 is 50.9. The van der Waals surface area contributed by atoms with Crippen molar-refractivity contribution in [3.05, 3.63) is 35.1 Å². The Morgan fingerprint density at radius 2 is 2.00 bits per heavy atom. The summed E-state index contributed by atoms with van der Waals surface area (Å²) in [5.41, 5.74) is -0.368. The maximum Gasteiger partial charge on any atom is 0.301 e. The van der Waals surface area contributed by atoms with Crippen LogP contribution in [-0.4, -0.2) is 6.67 Å². The van der Waals surface area contributed by atoms with E-state index >= 15 is 0 Å². The zero-order chi connectivity index (χ0) is 11.6. The lowest BCUT2D eigenvalue weighted by Crippen LogP contribution is -2.16. The first kappa shape index (κ1) is 12.5. The van der Waals surface area contributed by atoms with Gasteiger partial charge >= 0.3 is 5.92 Å². The second-order valence-electron chi connectivity index (χ2n) is 3.19. The van der Waals surface area contributed by atoms with Crippen LogP contribution in [0.3, 0.4) is 0 Å². The highest BCUT2D eigenvalue weighted by Gasteiger charge is 2.32. The number of benzene rings is 1. The Bertz CT molecular complexity index is 349. The van der Waals surface area contributed by atoms with Crippen molar-refractivity contribution in [1.82, 2.24) is 0 Å². The van der Waals surface area contributed by atoms with Gasteiger partial charge in [0.05, 0.1) is 0 Å². The van der Waals surface area contributed by atoms with E-state index < -0.39 is 24.0 Å². The largest absolute Gasteiger partial charge is 0.301 e. The van der Waals surface area contributed by atoms with Gasteiger partial charge in [-0.15, -0.1) is 0 Å². The van der Waals surface area contributed by atoms with Crippen molar-refractivity contribution in [1.29, 1.82) is 0 Å². The van der Waals surface area contributed by atoms with Crippen molar-refractivity contribution in [3.8, 4) is 0 Å². The minimum Gasteiger partial charge on any atom is -0.244 e. The van der Waals surface area contributed by atoms with Gasteiger partial charge in [-0.3, -0.25) is 0 Å². The fourth-order valence-electron chi connectivity index (χ4n) is 1.15. The lowest BCUT2D eigenvalue weighted by Gasteiger charge is -2.14. The van der Waals surface area contributed by atoms with Gasteiger partial charge in [0.25, 0.3) is 0 Å². The van der Waals surface area contributed by atoms with Gasteiger partial charge in [0.15, 0.2) is 6.67 Å². The van der Waals surface area contributed by atoms with Crippen LogP contribution in [0.2, 0.25) is 0 Å². The number of hydrogen-bond donors (Lipinski definition) is 0.